The summed E-state index contributed by atoms with van der Waals surface area (Å²) in [4.78, 5) is 38.2. The molecule has 0 saturated heterocycles. The quantitative estimate of drug-likeness (QED) is 0.352. The number of carboxylic acids is 1. The fourth-order valence-corrected chi connectivity index (χ4v) is 2.64. The molecule has 1 amide bonds. The third-order valence-corrected chi connectivity index (χ3v) is 4.08. The number of ether oxygens (including phenoxy) is 1. The molecule has 0 aliphatic carbocycles. The Balaban J connectivity index is 0.00000320. The van der Waals surface area contributed by atoms with Crippen LogP contribution in [0.5, 0.6) is 11.6 Å². The molecule has 0 aliphatic heterocycles. The maximum absolute atomic E-state index is 12.4. The van der Waals surface area contributed by atoms with Crippen LogP contribution in [0.15, 0.2) is 60.8 Å². The van der Waals surface area contributed by atoms with Gasteiger partial charge in [0.05, 0.1) is 26.8 Å². The van der Waals surface area contributed by atoms with Crippen molar-refractivity contribution in [2.45, 2.75) is 0 Å². The Morgan fingerprint density at radius 1 is 1.10 bits per heavy atom. The van der Waals surface area contributed by atoms with Gasteiger partial charge in [0.2, 0.25) is 0 Å². The summed E-state index contributed by atoms with van der Waals surface area (Å²) in [6, 6.07) is 12.7. The molecule has 0 spiro atoms. The Kier molecular flexibility index (Phi) is 7.55. The number of nitrogens with zero attached hydrogens (tertiary/aromatic N) is 2. The number of carboxylic acid groups (broad SMARTS) is 1. The van der Waals surface area contributed by atoms with E-state index in [9.17, 15) is 24.8 Å². The summed E-state index contributed by atoms with van der Waals surface area (Å²) in [5.74, 6) is -2.21. The Labute approximate surface area is 187 Å². The number of carbonyl (C=O) groups excluding carboxylic acids is 1. The van der Waals surface area contributed by atoms with Gasteiger partial charge in [-0.1, -0.05) is 23.7 Å². The average Bonchev–Trinajstić information content (AvgIpc) is 2.69. The Morgan fingerprint density at radius 3 is 2.50 bits per heavy atom. The van der Waals surface area contributed by atoms with Crippen LogP contribution in [-0.2, 0) is 0 Å². The summed E-state index contributed by atoms with van der Waals surface area (Å²) in [6.07, 6.45) is 1.30. The van der Waals surface area contributed by atoms with E-state index in [1.165, 1.54) is 42.6 Å². The van der Waals surface area contributed by atoms with Crippen LogP contribution in [0, 0.1) is 10.1 Å². The molecule has 9 nitrogen and oxygen atoms in total. The van der Waals surface area contributed by atoms with E-state index in [1.54, 1.807) is 12.1 Å². The van der Waals surface area contributed by atoms with Crippen molar-refractivity contribution in [3.8, 4) is 11.6 Å². The molecular formula is C19H13ClLiN3O6. The Hall–Kier alpha value is -3.38. The van der Waals surface area contributed by atoms with Gasteiger partial charge >= 0.3 is 30.5 Å². The molecule has 0 aliphatic rings. The molecule has 30 heavy (non-hydrogen) atoms. The molecule has 11 heteroatoms. The molecule has 0 radical (unpaired) electrons. The van der Waals surface area contributed by atoms with Crippen LogP contribution < -0.4 is 10.1 Å². The van der Waals surface area contributed by atoms with Crippen LogP contribution in [-0.4, -0.2) is 45.8 Å². The van der Waals surface area contributed by atoms with Crippen molar-refractivity contribution in [1.29, 1.82) is 0 Å². The molecule has 0 bridgehead atoms. The molecule has 0 atom stereocenters. The average molecular weight is 422 g/mol. The van der Waals surface area contributed by atoms with Gasteiger partial charge in [-0.25, -0.2) is 9.78 Å². The van der Waals surface area contributed by atoms with Crippen molar-refractivity contribution in [2.75, 3.05) is 5.32 Å². The van der Waals surface area contributed by atoms with Crippen LogP contribution in [0.25, 0.3) is 0 Å². The molecule has 3 aromatic rings. The summed E-state index contributed by atoms with van der Waals surface area (Å²) in [5.41, 5.74) is -0.470. The first-order valence-electron chi connectivity index (χ1n) is 8.07. The molecule has 0 unspecified atom stereocenters. The van der Waals surface area contributed by atoms with E-state index in [0.29, 0.717) is 0 Å². The van der Waals surface area contributed by atoms with Gasteiger partial charge in [0, 0.05) is 12.3 Å². The summed E-state index contributed by atoms with van der Waals surface area (Å²) in [6.45, 7) is 0. The normalized spacial score (nSPS) is 9.90. The number of aromatic nitrogens is 1. The van der Waals surface area contributed by atoms with Gasteiger partial charge in [0.15, 0.2) is 0 Å². The number of pyridine rings is 1. The molecule has 0 fully saturated rings. The van der Waals surface area contributed by atoms with E-state index in [0.717, 1.165) is 6.07 Å². The van der Waals surface area contributed by atoms with Crippen molar-refractivity contribution in [3.63, 3.8) is 0 Å². The second kappa shape index (κ2) is 9.89. The molecule has 148 valence electrons. The van der Waals surface area contributed by atoms with Gasteiger partial charge in [0.25, 0.3) is 11.8 Å². The molecule has 3 rings (SSSR count). The molecule has 2 N–H and O–H groups in total. The first-order valence-corrected chi connectivity index (χ1v) is 8.45. The van der Waals surface area contributed by atoms with Crippen LogP contribution in [0.4, 0.5) is 11.4 Å². The number of halogens is 1. The Bertz CT molecular complexity index is 1120. The topological polar surface area (TPSA) is 132 Å². The standard InChI is InChI=1S/C19H12ClN3O6.Li.H/c20-14-5-2-1-4-12(14)17(24)22-15-8-7-11(10-13(15)19(25)26)29-18-16(23(27)28)6-3-9-21-18;;/h1-10H,(H,22,24)(H,25,26);;. The van der Waals surface area contributed by atoms with Crippen LogP contribution in [0.1, 0.15) is 20.7 Å². The predicted octanol–water partition coefficient (Wildman–Crippen LogP) is 3.74. The van der Waals surface area contributed by atoms with Gasteiger partial charge in [-0.3, -0.25) is 14.9 Å². The zero-order chi connectivity index (χ0) is 21.0. The van der Waals surface area contributed by atoms with E-state index in [4.69, 9.17) is 16.3 Å². The number of benzene rings is 2. The van der Waals surface area contributed by atoms with E-state index in [1.807, 2.05) is 0 Å². The molecule has 0 saturated carbocycles. The first kappa shape index (κ1) is 22.9. The van der Waals surface area contributed by atoms with Crippen LogP contribution in [0.2, 0.25) is 5.02 Å². The monoisotopic (exact) mass is 421 g/mol. The van der Waals surface area contributed by atoms with Crippen LogP contribution in [0.3, 0.4) is 0 Å². The number of hydrogen-bond acceptors (Lipinski definition) is 6. The zero-order valence-electron chi connectivity index (χ0n) is 14.5. The number of anilines is 1. The van der Waals surface area contributed by atoms with Crippen molar-refractivity contribution in [3.05, 3.63) is 87.1 Å². The number of aromatic carboxylic acids is 1. The van der Waals surface area contributed by atoms with E-state index in [-0.39, 0.29) is 58.0 Å². The van der Waals surface area contributed by atoms with E-state index < -0.39 is 16.8 Å². The van der Waals surface area contributed by atoms with E-state index >= 15 is 0 Å². The summed E-state index contributed by atoms with van der Waals surface area (Å²) in [7, 11) is 0. The van der Waals surface area contributed by atoms with Crippen molar-refractivity contribution in [1.82, 2.24) is 4.98 Å². The van der Waals surface area contributed by atoms with Crippen molar-refractivity contribution >= 4 is 53.7 Å². The van der Waals surface area contributed by atoms with E-state index in [2.05, 4.69) is 10.3 Å². The van der Waals surface area contributed by atoms with Crippen LogP contribution >= 0.6 is 11.6 Å². The number of nitro groups is 1. The summed E-state index contributed by atoms with van der Waals surface area (Å²) < 4.78 is 5.38. The fraction of sp³-hybridized carbons (Fsp3) is 0. The molecular weight excluding hydrogens is 409 g/mol. The zero-order valence-corrected chi connectivity index (χ0v) is 15.3. The van der Waals surface area contributed by atoms with Gasteiger partial charge in [-0.2, -0.15) is 0 Å². The third-order valence-electron chi connectivity index (χ3n) is 3.75. The Morgan fingerprint density at radius 2 is 1.83 bits per heavy atom. The SMILES string of the molecule is O=C(Nc1ccc(Oc2ncccc2[N+](=O)[O-])cc1C(=O)O)c1ccccc1Cl.[LiH]. The molecule has 1 aromatic heterocycles. The number of carbonyl (C=O) groups is 2. The van der Waals surface area contributed by atoms with Gasteiger partial charge in [0.1, 0.15) is 5.75 Å². The summed E-state index contributed by atoms with van der Waals surface area (Å²) >= 11 is 5.98. The summed E-state index contributed by atoms with van der Waals surface area (Å²) in [5, 5.41) is 23.2. The minimum absolute atomic E-state index is 0. The fourth-order valence-electron chi connectivity index (χ4n) is 2.42. The maximum atomic E-state index is 12.4. The minimum atomic E-state index is -1.33. The molecule has 2 aromatic carbocycles. The number of nitrogens with one attached hydrogen (secondary N) is 1. The van der Waals surface area contributed by atoms with Gasteiger partial charge in [-0.15, -0.1) is 0 Å². The second-order valence-corrected chi connectivity index (χ2v) is 6.04. The number of rotatable bonds is 6. The van der Waals surface area contributed by atoms with Gasteiger partial charge < -0.3 is 15.2 Å². The number of amides is 1. The number of hydrogen-bond donors (Lipinski definition) is 2. The predicted molar refractivity (Wildman–Crippen MR) is 111 cm³/mol. The second-order valence-electron chi connectivity index (χ2n) is 5.63. The molecule has 1 heterocycles. The van der Waals surface area contributed by atoms with Gasteiger partial charge in [-0.05, 0) is 36.4 Å². The first-order chi connectivity index (χ1) is 13.9. The van der Waals surface area contributed by atoms with Crippen molar-refractivity contribution in [2.24, 2.45) is 0 Å². The third kappa shape index (κ3) is 5.15. The van der Waals surface area contributed by atoms with Crippen molar-refractivity contribution < 1.29 is 24.4 Å².